The van der Waals surface area contributed by atoms with Crippen molar-refractivity contribution in [3.63, 3.8) is 0 Å². The van der Waals surface area contributed by atoms with Gasteiger partial charge in [0.25, 0.3) is 5.91 Å². The van der Waals surface area contributed by atoms with Crippen LogP contribution in [0.4, 0.5) is 8.78 Å². The summed E-state index contributed by atoms with van der Waals surface area (Å²) in [6, 6.07) is 2.77. The maximum atomic E-state index is 13.8. The van der Waals surface area contributed by atoms with Crippen LogP contribution in [0.3, 0.4) is 0 Å². The number of pyridine rings is 1. The first kappa shape index (κ1) is 25.7. The summed E-state index contributed by atoms with van der Waals surface area (Å²) in [5.41, 5.74) is -3.57. The fraction of sp³-hybridized carbons (Fsp3) is 0.381. The molecule has 4 N–H and O–H groups in total. The largest absolute Gasteiger partial charge is 0.503 e. The van der Waals surface area contributed by atoms with Crippen LogP contribution < -0.4 is 10.7 Å². The van der Waals surface area contributed by atoms with Crippen LogP contribution in [-0.2, 0) is 22.4 Å². The number of methoxy groups -OCH3 is 1. The molecule has 0 saturated heterocycles. The average Bonchev–Trinajstić information content (AvgIpc) is 2.75. The van der Waals surface area contributed by atoms with Crippen LogP contribution in [0, 0.1) is 17.0 Å². The molecule has 1 aliphatic heterocycles. The second-order valence-electron chi connectivity index (χ2n) is 8.25. The summed E-state index contributed by atoms with van der Waals surface area (Å²) in [6.07, 6.45) is -0.709. The number of ether oxygens (including phenoxy) is 1. The summed E-state index contributed by atoms with van der Waals surface area (Å²) in [5.74, 6) is -4.42. The fourth-order valence-corrected chi connectivity index (χ4v) is 4.67. The lowest BCUT2D eigenvalue weighted by Crippen LogP contribution is -2.50. The van der Waals surface area contributed by atoms with Crippen molar-refractivity contribution in [3.05, 3.63) is 63.1 Å². The first-order valence-corrected chi connectivity index (χ1v) is 11.9. The number of carbonyl (C=O) groups is 2. The molecule has 2 heterocycles. The van der Waals surface area contributed by atoms with Gasteiger partial charge in [-0.25, -0.2) is 8.78 Å². The predicted octanol–water partition coefficient (Wildman–Crippen LogP) is 1.55. The molecule has 0 spiro atoms. The molecule has 2 aromatic rings. The first-order chi connectivity index (χ1) is 15.8. The van der Waals surface area contributed by atoms with Gasteiger partial charge >= 0.3 is 7.60 Å². The molecule has 34 heavy (non-hydrogen) atoms. The molecule has 0 radical (unpaired) electrons. The molecule has 2 unspecified atom stereocenters. The van der Waals surface area contributed by atoms with Gasteiger partial charge in [0.2, 0.25) is 5.43 Å². The Bertz CT molecular complexity index is 1260. The molecule has 1 aliphatic rings. The summed E-state index contributed by atoms with van der Waals surface area (Å²) in [5, 5.41) is 12.8. The topological polar surface area (TPSA) is 155 Å². The highest BCUT2D eigenvalue weighted by atomic mass is 31.2. The van der Waals surface area contributed by atoms with Crippen LogP contribution in [0.15, 0.2) is 29.2 Å². The number of nitrogens with zero attached hydrogens (tertiary/aromatic N) is 1. The van der Waals surface area contributed by atoms with Crippen molar-refractivity contribution in [3.8, 4) is 5.75 Å². The number of halogens is 2. The zero-order valence-corrected chi connectivity index (χ0v) is 19.1. The number of aromatic hydroxyl groups is 1. The quantitative estimate of drug-likeness (QED) is 0.418. The zero-order chi connectivity index (χ0) is 25.4. The molecule has 184 valence electrons. The van der Waals surface area contributed by atoms with Gasteiger partial charge in [0.05, 0.1) is 24.2 Å². The van der Waals surface area contributed by atoms with E-state index in [0.29, 0.717) is 6.07 Å². The molecular weight excluding hydrogens is 477 g/mol. The van der Waals surface area contributed by atoms with E-state index in [1.165, 1.54) is 18.6 Å². The minimum Gasteiger partial charge on any atom is -0.503 e. The Morgan fingerprint density at radius 1 is 1.32 bits per heavy atom. The Labute approximate surface area is 192 Å². The second-order valence-corrected chi connectivity index (χ2v) is 10.0. The number of nitrogens with one attached hydrogen (secondary N) is 1. The highest BCUT2D eigenvalue weighted by molar-refractivity contribution is 7.51. The number of ketones is 1. The van der Waals surface area contributed by atoms with Gasteiger partial charge in [-0.05, 0) is 19.4 Å². The number of carbonyl (C=O) groups excluding carboxylic acids is 2. The second kappa shape index (κ2) is 9.38. The molecular formula is C21H23F2N2O8P. The number of hydrogen-bond donors (Lipinski definition) is 4. The lowest BCUT2D eigenvalue weighted by atomic mass is 9.73. The van der Waals surface area contributed by atoms with Crippen molar-refractivity contribution in [1.29, 1.82) is 0 Å². The van der Waals surface area contributed by atoms with Crippen LogP contribution in [-0.4, -0.2) is 50.5 Å². The molecule has 0 bridgehead atoms. The van der Waals surface area contributed by atoms with E-state index in [-0.39, 0.29) is 25.1 Å². The lowest BCUT2D eigenvalue weighted by Gasteiger charge is -2.41. The SMILES string of the molecule is COC1Cn2cc(C(=O)NCc3ccc(F)cc3F)c(=O)c(O)c2C(=O)C1(C)CCP(=O)(O)O. The summed E-state index contributed by atoms with van der Waals surface area (Å²) in [7, 11) is -3.15. The molecule has 0 aliphatic carbocycles. The molecule has 1 aromatic carbocycles. The minimum absolute atomic E-state index is 0.0347. The number of aromatic nitrogens is 1. The number of fused-ring (bicyclic) bond motifs is 1. The summed E-state index contributed by atoms with van der Waals surface area (Å²) in [4.78, 5) is 57.0. The molecule has 2 atom stereocenters. The van der Waals surface area contributed by atoms with Gasteiger partial charge in [0.15, 0.2) is 11.5 Å². The number of hydrogen-bond acceptors (Lipinski definition) is 6. The van der Waals surface area contributed by atoms with Crippen molar-refractivity contribution >= 4 is 19.3 Å². The third-order valence-electron chi connectivity index (χ3n) is 5.97. The number of Topliss-reactive ketones (excluding diaryl/α,β-unsaturated/α-hetero) is 1. The molecule has 1 aromatic heterocycles. The Hall–Kier alpha value is -2.92. The molecule has 0 saturated carbocycles. The third-order valence-corrected chi connectivity index (χ3v) is 6.78. The van der Waals surface area contributed by atoms with E-state index in [4.69, 9.17) is 4.74 Å². The molecule has 1 amide bonds. The summed E-state index contributed by atoms with van der Waals surface area (Å²) >= 11 is 0. The summed E-state index contributed by atoms with van der Waals surface area (Å²) < 4.78 is 44.7. The molecule has 10 nitrogen and oxygen atoms in total. The van der Waals surface area contributed by atoms with E-state index in [1.54, 1.807) is 0 Å². The van der Waals surface area contributed by atoms with Crippen LogP contribution in [0.25, 0.3) is 0 Å². The monoisotopic (exact) mass is 500 g/mol. The van der Waals surface area contributed by atoms with E-state index < -0.39 is 71.0 Å². The maximum absolute atomic E-state index is 13.8. The van der Waals surface area contributed by atoms with Crippen molar-refractivity contribution < 1.29 is 42.6 Å². The average molecular weight is 500 g/mol. The Balaban J connectivity index is 1.93. The van der Waals surface area contributed by atoms with Crippen LogP contribution in [0.2, 0.25) is 0 Å². The smallest absolute Gasteiger partial charge is 0.325 e. The van der Waals surface area contributed by atoms with Gasteiger partial charge in [-0.15, -0.1) is 0 Å². The van der Waals surface area contributed by atoms with Gasteiger partial charge < -0.3 is 29.5 Å². The van der Waals surface area contributed by atoms with E-state index >= 15 is 0 Å². The van der Waals surface area contributed by atoms with Crippen LogP contribution >= 0.6 is 7.60 Å². The standard InChI is InChI=1S/C21H23F2N2O8P/c1-21(5-6-34(30,31)32)15(33-2)10-25-9-13(17(26)18(27)16(25)19(21)28)20(29)24-8-11-3-4-12(22)7-14(11)23/h3-4,7,9,15,27H,5-6,8,10H2,1-2H3,(H,24,29)(H2,30,31,32). The fourth-order valence-electron chi connectivity index (χ4n) is 3.91. The number of rotatable bonds is 7. The Morgan fingerprint density at radius 2 is 2.00 bits per heavy atom. The summed E-state index contributed by atoms with van der Waals surface area (Å²) in [6.45, 7) is 0.952. The molecule has 0 fully saturated rings. The van der Waals surface area contributed by atoms with Crippen molar-refractivity contribution in [2.24, 2.45) is 5.41 Å². The highest BCUT2D eigenvalue weighted by Crippen LogP contribution is 2.44. The highest BCUT2D eigenvalue weighted by Gasteiger charge is 2.49. The van der Waals surface area contributed by atoms with E-state index in [2.05, 4.69) is 5.32 Å². The Kier molecular flexibility index (Phi) is 7.09. The van der Waals surface area contributed by atoms with E-state index in [1.807, 2.05) is 0 Å². The van der Waals surface area contributed by atoms with E-state index in [0.717, 1.165) is 18.3 Å². The van der Waals surface area contributed by atoms with Crippen molar-refractivity contribution in [2.75, 3.05) is 13.3 Å². The van der Waals surface area contributed by atoms with Gasteiger partial charge in [-0.2, -0.15) is 0 Å². The van der Waals surface area contributed by atoms with Crippen LogP contribution in [0.1, 0.15) is 39.8 Å². The lowest BCUT2D eigenvalue weighted by molar-refractivity contribution is -0.0163. The third kappa shape index (κ3) is 4.95. The minimum atomic E-state index is -4.44. The van der Waals surface area contributed by atoms with Crippen LogP contribution in [0.5, 0.6) is 5.75 Å². The van der Waals surface area contributed by atoms with E-state index in [9.17, 15) is 42.6 Å². The van der Waals surface area contributed by atoms with Gasteiger partial charge in [-0.1, -0.05) is 6.07 Å². The van der Waals surface area contributed by atoms with Gasteiger partial charge in [-0.3, -0.25) is 18.9 Å². The molecule has 3 rings (SSSR count). The zero-order valence-electron chi connectivity index (χ0n) is 18.2. The number of amides is 1. The number of benzene rings is 1. The molecule has 13 heteroatoms. The normalized spacial score (nSPS) is 20.2. The van der Waals surface area contributed by atoms with Crippen molar-refractivity contribution in [1.82, 2.24) is 9.88 Å². The van der Waals surface area contributed by atoms with Crippen molar-refractivity contribution in [2.45, 2.75) is 32.5 Å². The van der Waals surface area contributed by atoms with Gasteiger partial charge in [0, 0.05) is 31.5 Å². The maximum Gasteiger partial charge on any atom is 0.325 e. The Morgan fingerprint density at radius 3 is 2.59 bits per heavy atom. The van der Waals surface area contributed by atoms with Gasteiger partial charge in [0.1, 0.15) is 22.9 Å². The first-order valence-electron chi connectivity index (χ1n) is 10.1. The predicted molar refractivity (Wildman–Crippen MR) is 115 cm³/mol.